The molecule has 3 aromatic rings. The average molecular weight is 339 g/mol. The molecule has 1 unspecified atom stereocenters. The molecule has 6 nitrogen and oxygen atoms in total. The Bertz CT molecular complexity index is 896. The molecule has 0 saturated carbocycles. The Morgan fingerprint density at radius 2 is 2.32 bits per heavy atom. The van der Waals surface area contributed by atoms with E-state index in [0.717, 1.165) is 30.5 Å². The molecule has 0 bridgehead atoms. The second-order valence-corrected chi connectivity index (χ2v) is 6.41. The van der Waals surface area contributed by atoms with Gasteiger partial charge in [-0.2, -0.15) is 0 Å². The topological polar surface area (TPSA) is 80.1 Å². The number of nitrogens with zero attached hydrogens (tertiary/aromatic N) is 1. The van der Waals surface area contributed by atoms with Crippen molar-refractivity contribution in [2.45, 2.75) is 38.1 Å². The maximum absolute atomic E-state index is 12.4. The number of carbonyl (C=O) groups is 1. The van der Waals surface area contributed by atoms with Gasteiger partial charge in [0.25, 0.3) is 5.88 Å². The van der Waals surface area contributed by atoms with Crippen LogP contribution in [0.4, 0.5) is 0 Å². The van der Waals surface area contributed by atoms with Crippen LogP contribution in [-0.4, -0.2) is 23.2 Å². The predicted molar refractivity (Wildman–Crippen MR) is 93.5 cm³/mol. The first-order chi connectivity index (χ1) is 12.2. The Kier molecular flexibility index (Phi) is 4.17. The third kappa shape index (κ3) is 3.12. The number of benzene rings is 1. The lowest BCUT2D eigenvalue weighted by molar-refractivity contribution is -0.122. The van der Waals surface area contributed by atoms with Crippen LogP contribution in [0.1, 0.15) is 42.3 Å². The van der Waals surface area contributed by atoms with E-state index in [1.54, 1.807) is 6.07 Å². The molecular weight excluding hydrogens is 318 g/mol. The molecule has 2 aromatic heterocycles. The maximum Gasteiger partial charge on any atom is 0.254 e. The highest BCUT2D eigenvalue weighted by Gasteiger charge is 2.25. The van der Waals surface area contributed by atoms with Crippen LogP contribution in [0.5, 0.6) is 5.88 Å². The van der Waals surface area contributed by atoms with Crippen LogP contribution in [0.2, 0.25) is 0 Å². The predicted octanol–water partition coefficient (Wildman–Crippen LogP) is 3.29. The van der Waals surface area contributed by atoms with Crippen molar-refractivity contribution in [2.24, 2.45) is 0 Å². The Balaban J connectivity index is 1.44. The highest BCUT2D eigenvalue weighted by Crippen LogP contribution is 2.34. The number of nitrogens with one attached hydrogen (secondary N) is 2. The van der Waals surface area contributed by atoms with Crippen molar-refractivity contribution in [3.05, 3.63) is 47.3 Å². The number of ether oxygens (including phenoxy) is 1. The van der Waals surface area contributed by atoms with Crippen molar-refractivity contribution in [3.63, 3.8) is 0 Å². The third-order valence-electron chi connectivity index (χ3n) is 4.79. The summed E-state index contributed by atoms with van der Waals surface area (Å²) in [5.41, 5.74) is 3.64. The van der Waals surface area contributed by atoms with Crippen LogP contribution in [0, 0.1) is 0 Å². The van der Waals surface area contributed by atoms with E-state index < -0.39 is 0 Å². The average Bonchev–Trinajstić information content (AvgIpc) is 3.25. The first-order valence-electron chi connectivity index (χ1n) is 8.63. The van der Waals surface area contributed by atoms with Crippen LogP contribution in [-0.2, 0) is 17.6 Å². The van der Waals surface area contributed by atoms with Gasteiger partial charge >= 0.3 is 0 Å². The van der Waals surface area contributed by atoms with Gasteiger partial charge in [0.15, 0.2) is 0 Å². The van der Waals surface area contributed by atoms with Crippen LogP contribution in [0.25, 0.3) is 10.9 Å². The van der Waals surface area contributed by atoms with Crippen molar-refractivity contribution < 1.29 is 14.1 Å². The van der Waals surface area contributed by atoms with Crippen molar-refractivity contribution in [3.8, 4) is 5.88 Å². The van der Waals surface area contributed by atoms with Crippen molar-refractivity contribution in [2.75, 3.05) is 7.11 Å². The molecular formula is C19H21N3O3. The molecule has 0 saturated heterocycles. The summed E-state index contributed by atoms with van der Waals surface area (Å²) < 4.78 is 10.1. The van der Waals surface area contributed by atoms with Crippen LogP contribution < -0.4 is 10.1 Å². The summed E-state index contributed by atoms with van der Waals surface area (Å²) in [6, 6.07) is 10.1. The zero-order valence-corrected chi connectivity index (χ0v) is 14.2. The second-order valence-electron chi connectivity index (χ2n) is 6.41. The SMILES string of the molecule is COc1cc(CCC(=O)NC2CCCc3c2[nH]c2ccccc32)on1. The molecule has 1 atom stereocenters. The molecule has 0 radical (unpaired) electrons. The van der Waals surface area contributed by atoms with Crippen molar-refractivity contribution in [1.29, 1.82) is 0 Å². The van der Waals surface area contributed by atoms with Gasteiger partial charge < -0.3 is 19.6 Å². The molecule has 25 heavy (non-hydrogen) atoms. The van der Waals surface area contributed by atoms with E-state index in [1.807, 2.05) is 6.07 Å². The monoisotopic (exact) mass is 339 g/mol. The molecule has 0 fully saturated rings. The highest BCUT2D eigenvalue weighted by molar-refractivity contribution is 5.85. The minimum atomic E-state index is 0.0203. The molecule has 6 heteroatoms. The van der Waals surface area contributed by atoms with Gasteiger partial charge in [-0.3, -0.25) is 4.79 Å². The lowest BCUT2D eigenvalue weighted by Crippen LogP contribution is -2.31. The maximum atomic E-state index is 12.4. The van der Waals surface area contributed by atoms with E-state index >= 15 is 0 Å². The number of aryl methyl sites for hydroxylation is 2. The van der Waals surface area contributed by atoms with Crippen LogP contribution in [0.15, 0.2) is 34.9 Å². The number of rotatable bonds is 5. The molecule has 1 aromatic carbocycles. The Labute approximate surface area is 145 Å². The number of hydrogen-bond acceptors (Lipinski definition) is 4. The Morgan fingerprint density at radius 1 is 1.44 bits per heavy atom. The highest BCUT2D eigenvalue weighted by atomic mass is 16.5. The zero-order valence-electron chi connectivity index (χ0n) is 14.2. The van der Waals surface area contributed by atoms with E-state index in [1.165, 1.54) is 18.1 Å². The van der Waals surface area contributed by atoms with Crippen molar-refractivity contribution in [1.82, 2.24) is 15.5 Å². The second kappa shape index (κ2) is 6.63. The molecule has 2 heterocycles. The van der Waals surface area contributed by atoms with Gasteiger partial charge in [0.05, 0.1) is 13.2 Å². The molecule has 0 spiro atoms. The number of fused-ring (bicyclic) bond motifs is 3. The molecule has 4 rings (SSSR count). The number of H-pyrrole nitrogens is 1. The van der Waals surface area contributed by atoms with E-state index in [9.17, 15) is 4.79 Å². The smallest absolute Gasteiger partial charge is 0.254 e. The van der Waals surface area contributed by atoms with E-state index in [0.29, 0.717) is 24.5 Å². The van der Waals surface area contributed by atoms with E-state index in [-0.39, 0.29) is 11.9 Å². The number of aromatic amines is 1. The number of aromatic nitrogens is 2. The minimum Gasteiger partial charge on any atom is -0.479 e. The zero-order chi connectivity index (χ0) is 17.2. The van der Waals surface area contributed by atoms with Crippen molar-refractivity contribution >= 4 is 16.8 Å². The fourth-order valence-electron chi connectivity index (χ4n) is 3.57. The molecule has 2 N–H and O–H groups in total. The molecule has 1 aliphatic carbocycles. The van der Waals surface area contributed by atoms with Gasteiger partial charge in [-0.1, -0.05) is 18.2 Å². The first kappa shape index (κ1) is 15.7. The normalized spacial score (nSPS) is 16.6. The van der Waals surface area contributed by atoms with Gasteiger partial charge in [0.1, 0.15) is 5.76 Å². The number of para-hydroxylation sites is 1. The summed E-state index contributed by atoms with van der Waals surface area (Å²) >= 11 is 0. The summed E-state index contributed by atoms with van der Waals surface area (Å²) in [6.07, 6.45) is 3.98. The summed E-state index contributed by atoms with van der Waals surface area (Å²) in [4.78, 5) is 15.9. The standard InChI is InChI=1S/C19H21N3O3/c1-24-18-11-12(25-22-18)9-10-17(23)20-16-8-4-6-14-13-5-2-3-7-15(13)21-19(14)16/h2-3,5,7,11,16,21H,4,6,8-10H2,1H3,(H,20,23). The lowest BCUT2D eigenvalue weighted by atomic mass is 9.91. The number of hydrogen-bond donors (Lipinski definition) is 2. The number of amides is 1. The largest absolute Gasteiger partial charge is 0.479 e. The first-order valence-corrected chi connectivity index (χ1v) is 8.63. The van der Waals surface area contributed by atoms with Gasteiger partial charge in [-0.25, -0.2) is 0 Å². The lowest BCUT2D eigenvalue weighted by Gasteiger charge is -2.23. The quantitative estimate of drug-likeness (QED) is 0.747. The van der Waals surface area contributed by atoms with Crippen LogP contribution >= 0.6 is 0 Å². The fraction of sp³-hybridized carbons (Fsp3) is 0.368. The fourth-order valence-corrected chi connectivity index (χ4v) is 3.57. The molecule has 0 aliphatic heterocycles. The summed E-state index contributed by atoms with van der Waals surface area (Å²) in [5.74, 6) is 1.11. The number of carbonyl (C=O) groups excluding carboxylic acids is 1. The Morgan fingerprint density at radius 3 is 3.16 bits per heavy atom. The summed E-state index contributed by atoms with van der Waals surface area (Å²) in [6.45, 7) is 0. The minimum absolute atomic E-state index is 0.0203. The summed E-state index contributed by atoms with van der Waals surface area (Å²) in [5, 5.41) is 8.18. The van der Waals surface area contributed by atoms with Gasteiger partial charge in [-0.15, -0.1) is 0 Å². The molecule has 130 valence electrons. The Hall–Kier alpha value is -2.76. The summed E-state index contributed by atoms with van der Waals surface area (Å²) in [7, 11) is 1.54. The van der Waals surface area contributed by atoms with E-state index in [4.69, 9.17) is 9.26 Å². The van der Waals surface area contributed by atoms with Gasteiger partial charge in [0.2, 0.25) is 5.91 Å². The van der Waals surface area contributed by atoms with Gasteiger partial charge in [0, 0.05) is 35.5 Å². The van der Waals surface area contributed by atoms with Crippen LogP contribution in [0.3, 0.4) is 0 Å². The van der Waals surface area contributed by atoms with E-state index in [2.05, 4.69) is 33.7 Å². The molecule has 1 amide bonds. The molecule has 1 aliphatic rings. The number of methoxy groups -OCH3 is 1. The third-order valence-corrected chi connectivity index (χ3v) is 4.79. The van der Waals surface area contributed by atoms with Gasteiger partial charge in [-0.05, 0) is 36.0 Å².